The van der Waals surface area contributed by atoms with Crippen LogP contribution in [0.25, 0.3) is 0 Å². The van der Waals surface area contributed by atoms with E-state index in [2.05, 4.69) is 26.1 Å². The van der Waals surface area contributed by atoms with E-state index in [-0.39, 0.29) is 24.5 Å². The van der Waals surface area contributed by atoms with Crippen molar-refractivity contribution < 1.29 is 14.1 Å². The molecule has 0 saturated heterocycles. The highest BCUT2D eigenvalue weighted by Gasteiger charge is 2.10. The number of hydrogen-bond donors (Lipinski definition) is 3. The Morgan fingerprint density at radius 2 is 2.09 bits per heavy atom. The molecule has 1 heterocycles. The number of carbonyl (C=O) groups excluding carboxylic acids is 2. The first kappa shape index (κ1) is 16.5. The minimum Gasteiger partial charge on any atom is -0.343 e. The van der Waals surface area contributed by atoms with Gasteiger partial charge in [-0.15, -0.1) is 0 Å². The number of nitrogens with zero attached hydrogens (tertiary/aromatic N) is 2. The molecule has 0 saturated carbocycles. The van der Waals surface area contributed by atoms with E-state index in [4.69, 9.17) is 4.52 Å². The molecule has 0 aliphatic carbocycles. The topological polar surface area (TPSA) is 109 Å². The average Bonchev–Trinajstić information content (AvgIpc) is 2.89. The average molecular weight is 317 g/mol. The Balaban J connectivity index is 1.95. The van der Waals surface area contributed by atoms with Crippen molar-refractivity contribution in [2.75, 3.05) is 5.32 Å². The van der Waals surface area contributed by atoms with Gasteiger partial charge in [0, 0.05) is 17.3 Å². The summed E-state index contributed by atoms with van der Waals surface area (Å²) >= 11 is 0. The van der Waals surface area contributed by atoms with Crippen LogP contribution in [0.3, 0.4) is 0 Å². The van der Waals surface area contributed by atoms with Gasteiger partial charge in [0.25, 0.3) is 5.91 Å². The summed E-state index contributed by atoms with van der Waals surface area (Å²) in [5.41, 5.74) is 0.952. The summed E-state index contributed by atoms with van der Waals surface area (Å²) in [7, 11) is 0. The Labute approximate surface area is 133 Å². The van der Waals surface area contributed by atoms with Crippen LogP contribution in [0.4, 0.5) is 10.5 Å². The van der Waals surface area contributed by atoms with Crippen LogP contribution in [-0.2, 0) is 6.54 Å². The van der Waals surface area contributed by atoms with E-state index in [1.54, 1.807) is 31.2 Å². The third kappa shape index (κ3) is 5.10. The summed E-state index contributed by atoms with van der Waals surface area (Å²) in [6.45, 7) is 5.57. The highest BCUT2D eigenvalue weighted by atomic mass is 16.5. The maximum absolute atomic E-state index is 12.1. The van der Waals surface area contributed by atoms with E-state index >= 15 is 0 Å². The molecule has 0 bridgehead atoms. The summed E-state index contributed by atoms with van der Waals surface area (Å²) in [5, 5.41) is 11.7. The van der Waals surface area contributed by atoms with E-state index < -0.39 is 0 Å². The second-order valence-electron chi connectivity index (χ2n) is 5.25. The molecule has 0 spiro atoms. The number of urea groups is 1. The lowest BCUT2D eigenvalue weighted by atomic mass is 10.2. The van der Waals surface area contributed by atoms with Crippen molar-refractivity contribution in [2.45, 2.75) is 33.4 Å². The number of anilines is 1. The maximum atomic E-state index is 12.1. The predicted molar refractivity (Wildman–Crippen MR) is 83.9 cm³/mol. The van der Waals surface area contributed by atoms with Crippen molar-refractivity contribution >= 4 is 17.6 Å². The Hall–Kier alpha value is -2.90. The van der Waals surface area contributed by atoms with Crippen LogP contribution in [0, 0.1) is 6.92 Å². The van der Waals surface area contributed by atoms with Gasteiger partial charge in [-0.1, -0.05) is 11.2 Å². The number of benzene rings is 1. The predicted octanol–water partition coefficient (Wildman–Crippen LogP) is 1.84. The van der Waals surface area contributed by atoms with Gasteiger partial charge in [-0.3, -0.25) is 4.79 Å². The molecular weight excluding hydrogens is 298 g/mol. The van der Waals surface area contributed by atoms with Crippen LogP contribution in [0.2, 0.25) is 0 Å². The van der Waals surface area contributed by atoms with Crippen LogP contribution in [0.15, 0.2) is 28.8 Å². The fourth-order valence-electron chi connectivity index (χ4n) is 1.84. The van der Waals surface area contributed by atoms with Gasteiger partial charge in [0.2, 0.25) is 5.89 Å². The summed E-state index contributed by atoms with van der Waals surface area (Å²) in [4.78, 5) is 27.8. The third-order valence-electron chi connectivity index (χ3n) is 2.77. The minimum absolute atomic E-state index is 0.0272. The van der Waals surface area contributed by atoms with Crippen molar-refractivity contribution in [1.82, 2.24) is 20.8 Å². The first-order valence-electron chi connectivity index (χ1n) is 7.19. The van der Waals surface area contributed by atoms with E-state index in [1.165, 1.54) is 0 Å². The molecular formula is C15H19N5O3. The first-order chi connectivity index (χ1) is 10.9. The molecule has 3 amide bonds. The fourth-order valence-corrected chi connectivity index (χ4v) is 1.84. The van der Waals surface area contributed by atoms with Crippen molar-refractivity contribution in [3.8, 4) is 0 Å². The summed E-state index contributed by atoms with van der Waals surface area (Å²) in [6, 6.07) is 6.35. The second kappa shape index (κ2) is 7.39. The van der Waals surface area contributed by atoms with Crippen molar-refractivity contribution in [3.63, 3.8) is 0 Å². The fraction of sp³-hybridized carbons (Fsp3) is 0.333. The molecule has 1 aromatic heterocycles. The number of hydrogen-bond acceptors (Lipinski definition) is 5. The van der Waals surface area contributed by atoms with Gasteiger partial charge in [0.15, 0.2) is 5.82 Å². The smallest absolute Gasteiger partial charge is 0.319 e. The first-order valence-corrected chi connectivity index (χ1v) is 7.19. The van der Waals surface area contributed by atoms with Gasteiger partial charge in [-0.25, -0.2) is 4.79 Å². The molecule has 0 aliphatic heterocycles. The normalized spacial score (nSPS) is 10.4. The molecule has 0 radical (unpaired) electrons. The number of aryl methyl sites for hydroxylation is 1. The summed E-state index contributed by atoms with van der Waals surface area (Å²) in [6.07, 6.45) is 0. The lowest BCUT2D eigenvalue weighted by Gasteiger charge is -2.11. The van der Waals surface area contributed by atoms with E-state index in [0.29, 0.717) is 23.0 Å². The van der Waals surface area contributed by atoms with E-state index in [0.717, 1.165) is 0 Å². The van der Waals surface area contributed by atoms with Crippen LogP contribution in [-0.4, -0.2) is 28.1 Å². The minimum atomic E-state index is -0.320. The van der Waals surface area contributed by atoms with Gasteiger partial charge in [0.1, 0.15) is 0 Å². The van der Waals surface area contributed by atoms with Crippen molar-refractivity contribution in [2.24, 2.45) is 0 Å². The largest absolute Gasteiger partial charge is 0.343 e. The van der Waals surface area contributed by atoms with Crippen molar-refractivity contribution in [3.05, 3.63) is 41.5 Å². The van der Waals surface area contributed by atoms with Gasteiger partial charge >= 0.3 is 6.03 Å². The van der Waals surface area contributed by atoms with Gasteiger partial charge in [0.05, 0.1) is 6.54 Å². The highest BCUT2D eigenvalue weighted by Crippen LogP contribution is 2.11. The molecule has 0 fully saturated rings. The molecule has 2 rings (SSSR count). The zero-order chi connectivity index (χ0) is 16.8. The third-order valence-corrected chi connectivity index (χ3v) is 2.77. The molecule has 0 aliphatic rings. The number of amides is 3. The number of aromatic nitrogens is 2. The quantitative estimate of drug-likeness (QED) is 0.779. The lowest BCUT2D eigenvalue weighted by molar-refractivity contribution is 0.0946. The van der Waals surface area contributed by atoms with Crippen LogP contribution >= 0.6 is 0 Å². The second-order valence-corrected chi connectivity index (χ2v) is 5.25. The standard InChI is InChI=1S/C15H19N5O3/c1-9(2)17-15(22)19-12-6-4-5-11(7-12)14(21)16-8-13-18-10(3)20-23-13/h4-7,9H,8H2,1-3H3,(H,16,21)(H2,17,19,22). The Morgan fingerprint density at radius 3 is 2.74 bits per heavy atom. The molecule has 8 nitrogen and oxygen atoms in total. The number of carbonyl (C=O) groups is 2. The van der Waals surface area contributed by atoms with E-state index in [9.17, 15) is 9.59 Å². The highest BCUT2D eigenvalue weighted by molar-refractivity contribution is 5.96. The molecule has 3 N–H and O–H groups in total. The maximum Gasteiger partial charge on any atom is 0.319 e. The Morgan fingerprint density at radius 1 is 1.30 bits per heavy atom. The zero-order valence-corrected chi connectivity index (χ0v) is 13.2. The SMILES string of the molecule is Cc1noc(CNC(=O)c2cccc(NC(=O)NC(C)C)c2)n1. The van der Waals surface area contributed by atoms with Gasteiger partial charge in [-0.2, -0.15) is 4.98 Å². The molecule has 0 unspecified atom stereocenters. The molecule has 122 valence electrons. The lowest BCUT2D eigenvalue weighted by Crippen LogP contribution is -2.34. The molecule has 0 atom stereocenters. The monoisotopic (exact) mass is 317 g/mol. The van der Waals surface area contributed by atoms with Gasteiger partial charge < -0.3 is 20.5 Å². The molecule has 2 aromatic rings. The van der Waals surface area contributed by atoms with E-state index in [1.807, 2.05) is 13.8 Å². The van der Waals surface area contributed by atoms with Crippen LogP contribution in [0.1, 0.15) is 35.9 Å². The van der Waals surface area contributed by atoms with Crippen LogP contribution < -0.4 is 16.0 Å². The Bertz CT molecular complexity index is 696. The van der Waals surface area contributed by atoms with Crippen molar-refractivity contribution in [1.29, 1.82) is 0 Å². The molecule has 8 heteroatoms. The summed E-state index contributed by atoms with van der Waals surface area (Å²) < 4.78 is 4.92. The van der Waals surface area contributed by atoms with Crippen LogP contribution in [0.5, 0.6) is 0 Å². The van der Waals surface area contributed by atoms with Gasteiger partial charge in [-0.05, 0) is 39.0 Å². The number of rotatable bonds is 5. The Kier molecular flexibility index (Phi) is 5.29. The molecule has 23 heavy (non-hydrogen) atoms. The summed E-state index contributed by atoms with van der Waals surface area (Å²) in [5.74, 6) is 0.548. The number of nitrogens with one attached hydrogen (secondary N) is 3. The zero-order valence-electron chi connectivity index (χ0n) is 13.2. The molecule has 1 aromatic carbocycles.